The van der Waals surface area contributed by atoms with Gasteiger partial charge in [-0.2, -0.15) is 0 Å². The summed E-state index contributed by atoms with van der Waals surface area (Å²) in [5.41, 5.74) is 0.282. The van der Waals surface area contributed by atoms with Gasteiger partial charge >= 0.3 is 0 Å². The molecule has 1 aliphatic rings. The van der Waals surface area contributed by atoms with Crippen LogP contribution in [0.4, 0.5) is 0 Å². The molecule has 2 heteroatoms. The molecule has 0 aromatic rings. The molecule has 0 aromatic carbocycles. The summed E-state index contributed by atoms with van der Waals surface area (Å²) >= 11 is 0. The Bertz CT molecular complexity index is 195. The minimum Gasteiger partial charge on any atom is -0.315 e. The van der Waals surface area contributed by atoms with E-state index < -0.39 is 0 Å². The number of likely N-dealkylation sites (tertiary alicyclic amines) is 1. The second-order valence-corrected chi connectivity index (χ2v) is 5.85. The molecule has 2 atom stereocenters. The van der Waals surface area contributed by atoms with Gasteiger partial charge in [0.25, 0.3) is 0 Å². The van der Waals surface area contributed by atoms with E-state index in [-0.39, 0.29) is 5.54 Å². The van der Waals surface area contributed by atoms with Crippen molar-refractivity contribution in [2.24, 2.45) is 5.92 Å². The van der Waals surface area contributed by atoms with Crippen LogP contribution in [-0.4, -0.2) is 36.6 Å². The molecule has 0 aliphatic carbocycles. The molecule has 1 heterocycles. The van der Waals surface area contributed by atoms with Gasteiger partial charge in [-0.25, -0.2) is 0 Å². The van der Waals surface area contributed by atoms with Gasteiger partial charge in [-0.15, -0.1) is 0 Å². The maximum Gasteiger partial charge on any atom is 0.0308 e. The van der Waals surface area contributed by atoms with Crippen LogP contribution in [0, 0.1) is 5.92 Å². The Morgan fingerprint density at radius 3 is 2.19 bits per heavy atom. The molecular weight excluding hydrogens is 196 g/mol. The number of nitrogens with zero attached hydrogens (tertiary/aromatic N) is 1. The summed E-state index contributed by atoms with van der Waals surface area (Å²) in [5, 5.41) is 3.55. The number of hydrogen-bond acceptors (Lipinski definition) is 2. The summed E-state index contributed by atoms with van der Waals surface area (Å²) in [6.45, 7) is 12.0. The van der Waals surface area contributed by atoms with E-state index in [4.69, 9.17) is 0 Å². The summed E-state index contributed by atoms with van der Waals surface area (Å²) in [4.78, 5) is 2.68. The Labute approximate surface area is 102 Å². The molecule has 1 fully saturated rings. The maximum atomic E-state index is 3.55. The predicted octanol–water partition coefficient (Wildman–Crippen LogP) is 2.89. The van der Waals surface area contributed by atoms with Crippen molar-refractivity contribution in [1.82, 2.24) is 10.2 Å². The summed E-state index contributed by atoms with van der Waals surface area (Å²) in [6.07, 6.45) is 5.42. The Hall–Kier alpha value is -0.0800. The first-order chi connectivity index (χ1) is 7.54. The topological polar surface area (TPSA) is 15.3 Å². The van der Waals surface area contributed by atoms with Crippen molar-refractivity contribution in [3.63, 3.8) is 0 Å². The number of nitrogens with one attached hydrogen (secondary N) is 1. The van der Waals surface area contributed by atoms with Gasteiger partial charge in [0.2, 0.25) is 0 Å². The molecule has 0 spiro atoms. The summed E-state index contributed by atoms with van der Waals surface area (Å²) in [7, 11) is 2.11. The molecule has 1 rings (SSSR count). The van der Waals surface area contributed by atoms with Crippen molar-refractivity contribution >= 4 is 0 Å². The number of hydrogen-bond donors (Lipinski definition) is 1. The molecule has 0 amide bonds. The summed E-state index contributed by atoms with van der Waals surface area (Å²) in [6, 6.07) is 0.593. The molecule has 0 bridgehead atoms. The minimum absolute atomic E-state index is 0.282. The fourth-order valence-corrected chi connectivity index (χ4v) is 3.24. The third-order valence-corrected chi connectivity index (χ3v) is 4.46. The van der Waals surface area contributed by atoms with Gasteiger partial charge in [-0.05, 0) is 52.7 Å². The van der Waals surface area contributed by atoms with Gasteiger partial charge in [0.05, 0.1) is 0 Å². The van der Waals surface area contributed by atoms with E-state index in [9.17, 15) is 0 Å². The van der Waals surface area contributed by atoms with Crippen LogP contribution in [0.3, 0.4) is 0 Å². The number of rotatable bonds is 5. The standard InChI is InChI=1S/C14H30N2/c1-6-12(2)13(15-5)14(3,4)16-10-8-7-9-11-16/h12-13,15H,6-11H2,1-5H3. The maximum absolute atomic E-state index is 3.55. The summed E-state index contributed by atoms with van der Waals surface area (Å²) < 4.78 is 0. The molecule has 0 radical (unpaired) electrons. The van der Waals surface area contributed by atoms with Crippen molar-refractivity contribution in [2.75, 3.05) is 20.1 Å². The lowest BCUT2D eigenvalue weighted by molar-refractivity contribution is 0.0450. The largest absolute Gasteiger partial charge is 0.315 e. The molecule has 96 valence electrons. The lowest BCUT2D eigenvalue weighted by atomic mass is 9.81. The monoisotopic (exact) mass is 226 g/mol. The van der Waals surface area contributed by atoms with Crippen LogP contribution >= 0.6 is 0 Å². The zero-order valence-corrected chi connectivity index (χ0v) is 11.8. The number of piperidine rings is 1. The quantitative estimate of drug-likeness (QED) is 0.775. The van der Waals surface area contributed by atoms with E-state index >= 15 is 0 Å². The first kappa shape index (κ1) is 14.0. The molecule has 2 unspecified atom stereocenters. The lowest BCUT2D eigenvalue weighted by Gasteiger charge is -2.48. The third-order valence-electron chi connectivity index (χ3n) is 4.46. The van der Waals surface area contributed by atoms with E-state index in [0.29, 0.717) is 6.04 Å². The van der Waals surface area contributed by atoms with Gasteiger partial charge in [0.1, 0.15) is 0 Å². The highest BCUT2D eigenvalue weighted by molar-refractivity contribution is 4.96. The Morgan fingerprint density at radius 2 is 1.75 bits per heavy atom. The summed E-state index contributed by atoms with van der Waals surface area (Å²) in [5.74, 6) is 0.738. The Morgan fingerprint density at radius 1 is 1.19 bits per heavy atom. The second kappa shape index (κ2) is 6.02. The highest BCUT2D eigenvalue weighted by Gasteiger charge is 2.37. The highest BCUT2D eigenvalue weighted by atomic mass is 15.2. The van der Waals surface area contributed by atoms with Crippen LogP contribution in [0.15, 0.2) is 0 Å². The zero-order valence-electron chi connectivity index (χ0n) is 11.8. The van der Waals surface area contributed by atoms with Crippen molar-refractivity contribution in [3.05, 3.63) is 0 Å². The van der Waals surface area contributed by atoms with Gasteiger partial charge < -0.3 is 5.32 Å². The van der Waals surface area contributed by atoms with Crippen molar-refractivity contribution < 1.29 is 0 Å². The zero-order chi connectivity index (χ0) is 12.2. The molecule has 2 nitrogen and oxygen atoms in total. The van der Waals surface area contributed by atoms with Crippen molar-refractivity contribution in [2.45, 2.75) is 65.0 Å². The highest BCUT2D eigenvalue weighted by Crippen LogP contribution is 2.28. The second-order valence-electron chi connectivity index (χ2n) is 5.85. The fraction of sp³-hybridized carbons (Fsp3) is 1.00. The smallest absolute Gasteiger partial charge is 0.0308 e. The Balaban J connectivity index is 2.71. The molecule has 1 N–H and O–H groups in total. The SMILES string of the molecule is CCC(C)C(NC)C(C)(C)N1CCCCC1. The van der Waals surface area contributed by atoms with Crippen LogP contribution < -0.4 is 5.32 Å². The van der Waals surface area contributed by atoms with Gasteiger partial charge in [0.15, 0.2) is 0 Å². The van der Waals surface area contributed by atoms with Crippen molar-refractivity contribution in [1.29, 1.82) is 0 Å². The molecule has 0 saturated carbocycles. The fourth-order valence-electron chi connectivity index (χ4n) is 3.24. The van der Waals surface area contributed by atoms with E-state index in [1.54, 1.807) is 0 Å². The van der Waals surface area contributed by atoms with Gasteiger partial charge in [0, 0.05) is 11.6 Å². The Kier molecular flexibility index (Phi) is 5.26. The third kappa shape index (κ3) is 2.98. The first-order valence-electron chi connectivity index (χ1n) is 6.96. The van der Waals surface area contributed by atoms with Crippen LogP contribution in [0.25, 0.3) is 0 Å². The average Bonchev–Trinajstić information content (AvgIpc) is 2.30. The number of likely N-dealkylation sites (N-methyl/N-ethyl adjacent to an activating group) is 1. The van der Waals surface area contributed by atoms with Crippen LogP contribution in [-0.2, 0) is 0 Å². The normalized spacial score (nSPS) is 23.1. The molecular formula is C14H30N2. The minimum atomic E-state index is 0.282. The molecule has 1 aliphatic heterocycles. The van der Waals surface area contributed by atoms with E-state index in [1.165, 1.54) is 38.8 Å². The van der Waals surface area contributed by atoms with Gasteiger partial charge in [-0.1, -0.05) is 26.7 Å². The molecule has 0 aromatic heterocycles. The predicted molar refractivity (Wildman–Crippen MR) is 71.8 cm³/mol. The first-order valence-corrected chi connectivity index (χ1v) is 6.96. The van der Waals surface area contributed by atoms with Crippen LogP contribution in [0.1, 0.15) is 53.4 Å². The molecule has 16 heavy (non-hydrogen) atoms. The van der Waals surface area contributed by atoms with E-state index in [2.05, 4.69) is 45.0 Å². The lowest BCUT2D eigenvalue weighted by Crippen LogP contribution is -2.60. The average molecular weight is 226 g/mol. The van der Waals surface area contributed by atoms with Crippen LogP contribution in [0.5, 0.6) is 0 Å². The van der Waals surface area contributed by atoms with Crippen molar-refractivity contribution in [3.8, 4) is 0 Å². The van der Waals surface area contributed by atoms with Gasteiger partial charge in [-0.3, -0.25) is 4.90 Å². The van der Waals surface area contributed by atoms with Crippen LogP contribution in [0.2, 0.25) is 0 Å². The molecule has 1 saturated heterocycles. The van der Waals surface area contributed by atoms with E-state index in [0.717, 1.165) is 5.92 Å². The van der Waals surface area contributed by atoms with E-state index in [1.807, 2.05) is 0 Å².